The predicted molar refractivity (Wildman–Crippen MR) is 109 cm³/mol. The summed E-state index contributed by atoms with van der Waals surface area (Å²) in [6.07, 6.45) is 1.60. The third kappa shape index (κ3) is 3.32. The number of fused-ring (bicyclic) bond motifs is 3. The van der Waals surface area contributed by atoms with Gasteiger partial charge in [0.15, 0.2) is 0 Å². The molecule has 0 amide bonds. The number of hydrogen-bond donors (Lipinski definition) is 2. The van der Waals surface area contributed by atoms with Crippen molar-refractivity contribution >= 4 is 33.5 Å². The fraction of sp³-hybridized carbons (Fsp3) is 0.0833. The molecule has 0 radical (unpaired) electrons. The Morgan fingerprint density at radius 2 is 1.29 bits per heavy atom. The van der Waals surface area contributed by atoms with E-state index in [2.05, 4.69) is 12.1 Å². The molecule has 0 aliphatic heterocycles. The normalized spacial score (nSPS) is 11.0. The summed E-state index contributed by atoms with van der Waals surface area (Å²) in [4.78, 5) is 22.3. The number of rotatable bonds is 5. The van der Waals surface area contributed by atoms with Crippen LogP contribution in [0.25, 0.3) is 21.5 Å². The highest BCUT2D eigenvalue weighted by molar-refractivity contribution is 6.10. The van der Waals surface area contributed by atoms with Gasteiger partial charge in [0.2, 0.25) is 0 Å². The van der Waals surface area contributed by atoms with E-state index < -0.39 is 11.9 Å². The van der Waals surface area contributed by atoms with Gasteiger partial charge in [-0.2, -0.15) is 0 Å². The maximum atomic E-state index is 11.3. The molecule has 0 spiro atoms. The minimum absolute atomic E-state index is 0.281. The Morgan fingerprint density at radius 1 is 0.643 bits per heavy atom. The van der Waals surface area contributed by atoms with Crippen molar-refractivity contribution in [3.05, 3.63) is 95.1 Å². The summed E-state index contributed by atoms with van der Waals surface area (Å²) in [6.45, 7) is 0. The molecule has 0 atom stereocenters. The molecule has 0 saturated carbocycles. The van der Waals surface area contributed by atoms with Gasteiger partial charge in [-0.25, -0.2) is 9.59 Å². The number of hydrogen-bond acceptors (Lipinski definition) is 2. The van der Waals surface area contributed by atoms with E-state index in [0.717, 1.165) is 39.9 Å². The second-order valence-electron chi connectivity index (χ2n) is 6.82. The van der Waals surface area contributed by atoms with Crippen LogP contribution in [0, 0.1) is 0 Å². The smallest absolute Gasteiger partial charge is 0.335 e. The molecule has 0 saturated heterocycles. The number of aryl methyl sites for hydroxylation is 2. The lowest BCUT2D eigenvalue weighted by Crippen LogP contribution is -1.98. The molecule has 4 heteroatoms. The standard InChI is InChI=1S/C24H18O4/c25-23(26)16-8-5-15(6-9-16)7-10-17-13-18-11-12-19(24(27)28)14-22(18)21-4-2-1-3-20(17)21/h1-6,8-9,11-14H,7,10H2,(H,25,26)(H,27,28). The van der Waals surface area contributed by atoms with Gasteiger partial charge in [-0.1, -0.05) is 48.5 Å². The van der Waals surface area contributed by atoms with Gasteiger partial charge in [0.25, 0.3) is 0 Å². The Hall–Kier alpha value is -3.66. The molecule has 2 N–H and O–H groups in total. The fourth-order valence-corrected chi connectivity index (χ4v) is 3.61. The number of carboxylic acids is 2. The highest BCUT2D eigenvalue weighted by atomic mass is 16.4. The lowest BCUT2D eigenvalue weighted by molar-refractivity contribution is 0.0686. The molecule has 0 fully saturated rings. The van der Waals surface area contributed by atoms with Crippen LogP contribution in [0.2, 0.25) is 0 Å². The summed E-state index contributed by atoms with van der Waals surface area (Å²) in [7, 11) is 0. The van der Waals surface area contributed by atoms with Crippen molar-refractivity contribution in [2.45, 2.75) is 12.8 Å². The number of carboxylic acid groups (broad SMARTS) is 2. The zero-order valence-corrected chi connectivity index (χ0v) is 15.1. The Morgan fingerprint density at radius 3 is 1.96 bits per heavy atom. The molecule has 4 rings (SSSR count). The topological polar surface area (TPSA) is 74.6 Å². The molecule has 0 unspecified atom stereocenters. The van der Waals surface area contributed by atoms with E-state index >= 15 is 0 Å². The maximum Gasteiger partial charge on any atom is 0.335 e. The van der Waals surface area contributed by atoms with Crippen molar-refractivity contribution in [2.24, 2.45) is 0 Å². The van der Waals surface area contributed by atoms with Gasteiger partial charge in [-0.3, -0.25) is 0 Å². The summed E-state index contributed by atoms with van der Waals surface area (Å²) in [5, 5.41) is 22.4. The van der Waals surface area contributed by atoms with Crippen LogP contribution in [0.3, 0.4) is 0 Å². The first-order valence-corrected chi connectivity index (χ1v) is 9.03. The SMILES string of the molecule is O=C(O)c1ccc(CCc2cc3ccc(C(=O)O)cc3c3ccccc23)cc1. The van der Waals surface area contributed by atoms with E-state index in [1.54, 1.807) is 24.3 Å². The van der Waals surface area contributed by atoms with E-state index in [0.29, 0.717) is 0 Å². The highest BCUT2D eigenvalue weighted by Gasteiger charge is 2.10. The van der Waals surface area contributed by atoms with Gasteiger partial charge in [0, 0.05) is 0 Å². The first-order chi connectivity index (χ1) is 13.5. The molecule has 0 heterocycles. The summed E-state index contributed by atoms with van der Waals surface area (Å²) in [5.41, 5.74) is 2.84. The first kappa shape index (κ1) is 17.7. The van der Waals surface area contributed by atoms with Crippen molar-refractivity contribution in [3.8, 4) is 0 Å². The van der Waals surface area contributed by atoms with Crippen molar-refractivity contribution in [1.82, 2.24) is 0 Å². The number of benzene rings is 4. The van der Waals surface area contributed by atoms with Gasteiger partial charge in [0.05, 0.1) is 11.1 Å². The van der Waals surface area contributed by atoms with Gasteiger partial charge in [-0.15, -0.1) is 0 Å². The highest BCUT2D eigenvalue weighted by Crippen LogP contribution is 2.30. The van der Waals surface area contributed by atoms with Crippen LogP contribution >= 0.6 is 0 Å². The molecule has 28 heavy (non-hydrogen) atoms. The largest absolute Gasteiger partial charge is 0.478 e. The molecule has 4 nitrogen and oxygen atoms in total. The lowest BCUT2D eigenvalue weighted by Gasteiger charge is -2.11. The van der Waals surface area contributed by atoms with Crippen molar-refractivity contribution in [1.29, 1.82) is 0 Å². The van der Waals surface area contributed by atoms with Gasteiger partial charge < -0.3 is 10.2 Å². The summed E-state index contributed by atoms with van der Waals surface area (Å²) in [5.74, 6) is -1.85. The summed E-state index contributed by atoms with van der Waals surface area (Å²) >= 11 is 0. The second kappa shape index (κ2) is 7.16. The van der Waals surface area contributed by atoms with Crippen LogP contribution in [0.5, 0.6) is 0 Å². The van der Waals surface area contributed by atoms with E-state index in [1.165, 1.54) is 5.56 Å². The average molecular weight is 370 g/mol. The van der Waals surface area contributed by atoms with Crippen LogP contribution in [0.15, 0.2) is 72.8 Å². The van der Waals surface area contributed by atoms with Gasteiger partial charge >= 0.3 is 11.9 Å². The molecule has 0 bridgehead atoms. The Balaban J connectivity index is 1.73. The number of aromatic carboxylic acids is 2. The van der Waals surface area contributed by atoms with Crippen molar-refractivity contribution < 1.29 is 19.8 Å². The molecule has 138 valence electrons. The molecule has 4 aromatic carbocycles. The van der Waals surface area contributed by atoms with Gasteiger partial charge in [-0.05, 0) is 69.8 Å². The van der Waals surface area contributed by atoms with Crippen molar-refractivity contribution in [3.63, 3.8) is 0 Å². The van der Waals surface area contributed by atoms with Crippen LogP contribution < -0.4 is 0 Å². The van der Waals surface area contributed by atoms with Crippen molar-refractivity contribution in [2.75, 3.05) is 0 Å². The van der Waals surface area contributed by atoms with Crippen LogP contribution in [0.1, 0.15) is 31.8 Å². The van der Waals surface area contributed by atoms with E-state index in [4.69, 9.17) is 5.11 Å². The minimum Gasteiger partial charge on any atom is -0.478 e. The molecular weight excluding hydrogens is 352 g/mol. The Labute approximate surface area is 161 Å². The Kier molecular flexibility index (Phi) is 4.53. The van der Waals surface area contributed by atoms with Crippen LogP contribution in [-0.2, 0) is 12.8 Å². The van der Waals surface area contributed by atoms with Gasteiger partial charge in [0.1, 0.15) is 0 Å². The molecule has 0 aliphatic rings. The third-order valence-electron chi connectivity index (χ3n) is 5.08. The summed E-state index contributed by atoms with van der Waals surface area (Å²) in [6, 6.07) is 22.3. The zero-order chi connectivity index (χ0) is 19.7. The lowest BCUT2D eigenvalue weighted by atomic mass is 9.93. The number of carbonyl (C=O) groups is 2. The molecule has 0 aliphatic carbocycles. The zero-order valence-electron chi connectivity index (χ0n) is 15.1. The quantitative estimate of drug-likeness (QED) is 0.475. The molecular formula is C24H18O4. The average Bonchev–Trinajstić information content (AvgIpc) is 2.72. The van der Waals surface area contributed by atoms with E-state index in [1.807, 2.05) is 36.4 Å². The third-order valence-corrected chi connectivity index (χ3v) is 5.08. The van der Waals surface area contributed by atoms with Crippen LogP contribution in [0.4, 0.5) is 0 Å². The second-order valence-corrected chi connectivity index (χ2v) is 6.82. The van der Waals surface area contributed by atoms with Crippen LogP contribution in [-0.4, -0.2) is 22.2 Å². The fourth-order valence-electron chi connectivity index (χ4n) is 3.61. The summed E-state index contributed by atoms with van der Waals surface area (Å²) < 4.78 is 0. The maximum absolute atomic E-state index is 11.3. The molecule has 0 aromatic heterocycles. The minimum atomic E-state index is -0.931. The molecule has 4 aromatic rings. The predicted octanol–water partition coefficient (Wildman–Crippen LogP) is 5.17. The first-order valence-electron chi connectivity index (χ1n) is 9.03. The Bertz CT molecular complexity index is 1210. The monoisotopic (exact) mass is 370 g/mol. The van der Waals surface area contributed by atoms with E-state index in [9.17, 15) is 14.7 Å². The van der Waals surface area contributed by atoms with E-state index in [-0.39, 0.29) is 11.1 Å².